The maximum absolute atomic E-state index is 12.2. The summed E-state index contributed by atoms with van der Waals surface area (Å²) >= 11 is 0. The lowest BCUT2D eigenvalue weighted by molar-refractivity contribution is 0.0716. The summed E-state index contributed by atoms with van der Waals surface area (Å²) in [5.74, 6) is -0.0342. The summed E-state index contributed by atoms with van der Waals surface area (Å²) in [7, 11) is -3.30. The van der Waals surface area contributed by atoms with E-state index in [1.165, 1.54) is 0 Å². The second-order valence-electron chi connectivity index (χ2n) is 5.80. The highest BCUT2D eigenvalue weighted by Gasteiger charge is 2.41. The Balaban J connectivity index is 2.27. The van der Waals surface area contributed by atoms with Crippen LogP contribution in [0.4, 0.5) is 0 Å². The van der Waals surface area contributed by atoms with Crippen molar-refractivity contribution in [3.05, 3.63) is 64.7 Å². The van der Waals surface area contributed by atoms with Crippen LogP contribution < -0.4 is 0 Å². The van der Waals surface area contributed by atoms with Crippen LogP contribution in [0, 0.1) is 13.8 Å². The molecule has 1 N–H and O–H groups in total. The highest BCUT2D eigenvalue weighted by molar-refractivity contribution is 7.91. The molecule has 0 aromatic heterocycles. The Labute approximate surface area is 125 Å². The topological polar surface area (TPSA) is 54.4 Å². The van der Waals surface area contributed by atoms with Crippen LogP contribution in [-0.4, -0.2) is 19.3 Å². The van der Waals surface area contributed by atoms with Crippen molar-refractivity contribution in [1.29, 1.82) is 0 Å². The first-order valence-corrected chi connectivity index (χ1v) is 8.61. The molecule has 0 fully saturated rings. The summed E-state index contributed by atoms with van der Waals surface area (Å²) in [6.07, 6.45) is 0.190. The smallest absolute Gasteiger partial charge is 0.178 e. The van der Waals surface area contributed by atoms with E-state index in [1.807, 2.05) is 32.0 Å². The standard InChI is InChI=1S/C17H18O3S/c1-12-9-13(2)11-14(10-12)17(18)7-8-21(19,20)16-6-4-3-5-15(16)17/h3-6,9-11,18H,7-8H2,1-2H3. The molecule has 0 amide bonds. The van der Waals surface area contributed by atoms with Crippen LogP contribution in [0.2, 0.25) is 0 Å². The van der Waals surface area contributed by atoms with E-state index in [9.17, 15) is 13.5 Å². The van der Waals surface area contributed by atoms with Crippen LogP contribution in [-0.2, 0) is 15.4 Å². The van der Waals surface area contributed by atoms with E-state index in [1.54, 1.807) is 24.3 Å². The fourth-order valence-corrected chi connectivity index (χ4v) is 4.76. The van der Waals surface area contributed by atoms with Gasteiger partial charge in [-0.3, -0.25) is 0 Å². The van der Waals surface area contributed by atoms with Crippen LogP contribution >= 0.6 is 0 Å². The van der Waals surface area contributed by atoms with E-state index >= 15 is 0 Å². The van der Waals surface area contributed by atoms with Crippen LogP contribution in [0.1, 0.15) is 28.7 Å². The van der Waals surface area contributed by atoms with Crippen LogP contribution in [0.5, 0.6) is 0 Å². The molecule has 1 unspecified atom stereocenters. The lowest BCUT2D eigenvalue weighted by atomic mass is 9.82. The van der Waals surface area contributed by atoms with E-state index in [0.29, 0.717) is 5.56 Å². The molecular weight excluding hydrogens is 284 g/mol. The van der Waals surface area contributed by atoms with Crippen molar-refractivity contribution < 1.29 is 13.5 Å². The molecule has 0 spiro atoms. The van der Waals surface area contributed by atoms with E-state index in [0.717, 1.165) is 16.7 Å². The molecule has 0 saturated carbocycles. The van der Waals surface area contributed by atoms with Gasteiger partial charge in [-0.05, 0) is 31.9 Å². The van der Waals surface area contributed by atoms with Crippen molar-refractivity contribution in [2.75, 3.05) is 5.75 Å². The van der Waals surface area contributed by atoms with Gasteiger partial charge in [-0.1, -0.05) is 47.5 Å². The van der Waals surface area contributed by atoms with Gasteiger partial charge in [0.15, 0.2) is 9.84 Å². The first kappa shape index (κ1) is 14.3. The van der Waals surface area contributed by atoms with Gasteiger partial charge < -0.3 is 5.11 Å². The van der Waals surface area contributed by atoms with E-state index in [-0.39, 0.29) is 17.1 Å². The number of aryl methyl sites for hydroxylation is 2. The zero-order valence-electron chi connectivity index (χ0n) is 12.1. The fraction of sp³-hybridized carbons (Fsp3) is 0.294. The lowest BCUT2D eigenvalue weighted by Crippen LogP contribution is -2.36. The summed E-state index contributed by atoms with van der Waals surface area (Å²) in [5.41, 5.74) is 2.14. The van der Waals surface area contributed by atoms with Crippen molar-refractivity contribution in [1.82, 2.24) is 0 Å². The van der Waals surface area contributed by atoms with Crippen LogP contribution in [0.3, 0.4) is 0 Å². The third-order valence-corrected chi connectivity index (χ3v) is 5.87. The molecule has 2 aromatic rings. The predicted octanol–water partition coefficient (Wildman–Crippen LogP) is 2.72. The van der Waals surface area contributed by atoms with Gasteiger partial charge in [-0.25, -0.2) is 8.42 Å². The molecule has 0 aliphatic carbocycles. The number of benzene rings is 2. The molecule has 21 heavy (non-hydrogen) atoms. The number of fused-ring (bicyclic) bond motifs is 1. The zero-order valence-corrected chi connectivity index (χ0v) is 12.9. The Morgan fingerprint density at radius 2 is 1.67 bits per heavy atom. The molecule has 0 saturated heterocycles. The summed E-state index contributed by atoms with van der Waals surface area (Å²) in [6, 6.07) is 12.7. The van der Waals surface area contributed by atoms with Gasteiger partial charge in [0.05, 0.1) is 10.6 Å². The Bertz CT molecular complexity index is 788. The maximum Gasteiger partial charge on any atom is 0.178 e. The van der Waals surface area contributed by atoms with Gasteiger partial charge >= 0.3 is 0 Å². The highest BCUT2D eigenvalue weighted by atomic mass is 32.2. The largest absolute Gasteiger partial charge is 0.380 e. The number of rotatable bonds is 1. The normalized spacial score (nSPS) is 23.6. The third kappa shape index (κ3) is 2.28. The minimum atomic E-state index is -3.30. The third-order valence-electron chi connectivity index (χ3n) is 4.10. The molecule has 1 atom stereocenters. The van der Waals surface area contributed by atoms with E-state index in [4.69, 9.17) is 0 Å². The average Bonchev–Trinajstić information content (AvgIpc) is 2.43. The molecule has 2 aromatic carbocycles. The Hall–Kier alpha value is -1.65. The molecule has 4 heteroatoms. The molecule has 0 bridgehead atoms. The monoisotopic (exact) mass is 302 g/mol. The van der Waals surface area contributed by atoms with Crippen LogP contribution in [0.15, 0.2) is 47.4 Å². The van der Waals surface area contributed by atoms with Gasteiger partial charge in [-0.15, -0.1) is 0 Å². The van der Waals surface area contributed by atoms with Gasteiger partial charge in [0.2, 0.25) is 0 Å². The molecule has 1 aliphatic rings. The van der Waals surface area contributed by atoms with E-state index in [2.05, 4.69) is 0 Å². The quantitative estimate of drug-likeness (QED) is 0.881. The number of hydrogen-bond donors (Lipinski definition) is 1. The Kier molecular flexibility index (Phi) is 3.19. The lowest BCUT2D eigenvalue weighted by Gasteiger charge is -2.35. The SMILES string of the molecule is Cc1cc(C)cc(C2(O)CCS(=O)(=O)c3ccccc32)c1. The summed E-state index contributed by atoms with van der Waals surface area (Å²) in [5, 5.41) is 11.2. The Morgan fingerprint density at radius 3 is 2.33 bits per heavy atom. The first-order chi connectivity index (χ1) is 9.83. The fourth-order valence-electron chi connectivity index (χ4n) is 3.12. The van der Waals surface area contributed by atoms with Crippen molar-refractivity contribution in [3.63, 3.8) is 0 Å². The summed E-state index contributed by atoms with van der Waals surface area (Å²) in [6.45, 7) is 3.96. The van der Waals surface area contributed by atoms with Crippen molar-refractivity contribution in [2.45, 2.75) is 30.8 Å². The van der Waals surface area contributed by atoms with E-state index < -0.39 is 15.4 Å². The first-order valence-electron chi connectivity index (χ1n) is 6.96. The summed E-state index contributed by atoms with van der Waals surface area (Å²) in [4.78, 5) is 0.248. The van der Waals surface area contributed by atoms with Gasteiger partial charge in [0.1, 0.15) is 5.60 Å². The van der Waals surface area contributed by atoms with Gasteiger partial charge in [-0.2, -0.15) is 0 Å². The molecular formula is C17H18O3S. The Morgan fingerprint density at radius 1 is 1.05 bits per heavy atom. The molecule has 1 aliphatic heterocycles. The number of hydrogen-bond acceptors (Lipinski definition) is 3. The highest BCUT2D eigenvalue weighted by Crippen LogP contribution is 2.41. The van der Waals surface area contributed by atoms with Crippen molar-refractivity contribution >= 4 is 9.84 Å². The zero-order chi connectivity index (χ0) is 15.3. The second-order valence-corrected chi connectivity index (χ2v) is 7.88. The minimum Gasteiger partial charge on any atom is -0.380 e. The van der Waals surface area contributed by atoms with Crippen molar-refractivity contribution in [3.8, 4) is 0 Å². The molecule has 3 nitrogen and oxygen atoms in total. The number of aliphatic hydroxyl groups is 1. The average molecular weight is 302 g/mol. The van der Waals surface area contributed by atoms with Gasteiger partial charge in [0, 0.05) is 5.56 Å². The van der Waals surface area contributed by atoms with Gasteiger partial charge in [0.25, 0.3) is 0 Å². The number of sulfone groups is 1. The minimum absolute atomic E-state index is 0.0342. The molecule has 1 heterocycles. The molecule has 110 valence electrons. The predicted molar refractivity (Wildman–Crippen MR) is 82.0 cm³/mol. The maximum atomic E-state index is 12.2. The second kappa shape index (κ2) is 4.68. The molecule has 3 rings (SSSR count). The van der Waals surface area contributed by atoms with Crippen molar-refractivity contribution in [2.24, 2.45) is 0 Å². The van der Waals surface area contributed by atoms with Crippen LogP contribution in [0.25, 0.3) is 0 Å². The molecule has 0 radical (unpaired) electrons. The summed E-state index contributed by atoms with van der Waals surface area (Å²) < 4.78 is 24.4.